The summed E-state index contributed by atoms with van der Waals surface area (Å²) in [5.41, 5.74) is 2.17. The van der Waals surface area contributed by atoms with Gasteiger partial charge in [-0.3, -0.25) is 4.79 Å². The SMILES string of the molecule is COc1ccc(C=CCC(C)C(=O)O)cc1OCCc1ccccc1. The lowest BCUT2D eigenvalue weighted by molar-refractivity contribution is -0.140. The monoisotopic (exact) mass is 340 g/mol. The first-order chi connectivity index (χ1) is 12.1. The molecule has 0 aliphatic heterocycles. The van der Waals surface area contributed by atoms with E-state index in [1.807, 2.05) is 48.6 Å². The van der Waals surface area contributed by atoms with Crippen LogP contribution in [0.1, 0.15) is 24.5 Å². The highest BCUT2D eigenvalue weighted by Crippen LogP contribution is 2.29. The van der Waals surface area contributed by atoms with Gasteiger partial charge in [0, 0.05) is 6.42 Å². The van der Waals surface area contributed by atoms with Crippen LogP contribution in [0.3, 0.4) is 0 Å². The number of hydrogen-bond donors (Lipinski definition) is 1. The first-order valence-electron chi connectivity index (χ1n) is 8.34. The Morgan fingerprint density at radius 3 is 2.60 bits per heavy atom. The van der Waals surface area contributed by atoms with Crippen molar-refractivity contribution in [3.63, 3.8) is 0 Å². The maximum atomic E-state index is 10.8. The molecule has 0 aliphatic carbocycles. The largest absolute Gasteiger partial charge is 0.493 e. The molecule has 0 saturated heterocycles. The van der Waals surface area contributed by atoms with Crippen LogP contribution < -0.4 is 9.47 Å². The summed E-state index contributed by atoms with van der Waals surface area (Å²) in [7, 11) is 1.61. The van der Waals surface area contributed by atoms with E-state index in [2.05, 4.69) is 12.1 Å². The van der Waals surface area contributed by atoms with E-state index >= 15 is 0 Å². The third-order valence-corrected chi connectivity index (χ3v) is 3.90. The minimum atomic E-state index is -0.788. The fraction of sp³-hybridized carbons (Fsp3) is 0.286. The zero-order chi connectivity index (χ0) is 18.1. The Kier molecular flexibility index (Phi) is 7.08. The molecule has 1 atom stereocenters. The molecule has 2 rings (SSSR count). The highest BCUT2D eigenvalue weighted by molar-refractivity contribution is 5.70. The Hall–Kier alpha value is -2.75. The second-order valence-corrected chi connectivity index (χ2v) is 5.87. The highest BCUT2D eigenvalue weighted by atomic mass is 16.5. The van der Waals surface area contributed by atoms with Gasteiger partial charge in [0.15, 0.2) is 11.5 Å². The summed E-state index contributed by atoms with van der Waals surface area (Å²) < 4.78 is 11.2. The Labute approximate surface area is 148 Å². The van der Waals surface area contributed by atoms with Gasteiger partial charge in [-0.05, 0) is 29.7 Å². The lowest BCUT2D eigenvalue weighted by Gasteiger charge is -2.11. The predicted molar refractivity (Wildman–Crippen MR) is 99.1 cm³/mol. The molecule has 0 radical (unpaired) electrons. The molecule has 0 amide bonds. The van der Waals surface area contributed by atoms with Gasteiger partial charge < -0.3 is 14.6 Å². The molecule has 4 heteroatoms. The van der Waals surface area contributed by atoms with E-state index in [1.165, 1.54) is 5.56 Å². The average molecular weight is 340 g/mol. The number of ether oxygens (including phenoxy) is 2. The van der Waals surface area contributed by atoms with Crippen molar-refractivity contribution in [1.82, 2.24) is 0 Å². The minimum absolute atomic E-state index is 0.393. The van der Waals surface area contributed by atoms with E-state index in [1.54, 1.807) is 14.0 Å². The summed E-state index contributed by atoms with van der Waals surface area (Å²) in [5, 5.41) is 8.91. The number of hydrogen-bond acceptors (Lipinski definition) is 3. The van der Waals surface area contributed by atoms with E-state index in [0.717, 1.165) is 12.0 Å². The zero-order valence-corrected chi connectivity index (χ0v) is 14.6. The molecule has 0 aromatic heterocycles. The molecule has 0 aliphatic rings. The molecule has 0 saturated carbocycles. The van der Waals surface area contributed by atoms with Crippen LogP contribution in [0.4, 0.5) is 0 Å². The van der Waals surface area contributed by atoms with E-state index in [4.69, 9.17) is 14.6 Å². The van der Waals surface area contributed by atoms with Crippen LogP contribution in [0.25, 0.3) is 6.08 Å². The van der Waals surface area contributed by atoms with Gasteiger partial charge in [-0.15, -0.1) is 0 Å². The van der Waals surface area contributed by atoms with Crippen molar-refractivity contribution < 1.29 is 19.4 Å². The molecule has 0 bridgehead atoms. The molecule has 2 aromatic carbocycles. The third kappa shape index (κ3) is 5.99. The normalized spacial score (nSPS) is 12.1. The lowest BCUT2D eigenvalue weighted by atomic mass is 10.1. The fourth-order valence-corrected chi connectivity index (χ4v) is 2.34. The van der Waals surface area contributed by atoms with Gasteiger partial charge in [0.05, 0.1) is 19.6 Å². The van der Waals surface area contributed by atoms with Gasteiger partial charge in [0.1, 0.15) is 0 Å². The van der Waals surface area contributed by atoms with Gasteiger partial charge in [0.25, 0.3) is 0 Å². The van der Waals surface area contributed by atoms with E-state index in [-0.39, 0.29) is 0 Å². The second kappa shape index (κ2) is 9.52. The molecule has 0 fully saturated rings. The van der Waals surface area contributed by atoms with Crippen LogP contribution >= 0.6 is 0 Å². The molecule has 25 heavy (non-hydrogen) atoms. The third-order valence-electron chi connectivity index (χ3n) is 3.90. The molecule has 0 heterocycles. The van der Waals surface area contributed by atoms with Gasteiger partial charge in [-0.25, -0.2) is 0 Å². The standard InChI is InChI=1S/C21H24O4/c1-16(21(22)23)7-6-10-18-11-12-19(24-2)20(15-18)25-14-13-17-8-4-3-5-9-17/h3-6,8-12,15-16H,7,13-14H2,1-2H3,(H,22,23). The summed E-state index contributed by atoms with van der Waals surface area (Å²) in [6.07, 6.45) is 5.09. The summed E-state index contributed by atoms with van der Waals surface area (Å²) in [6.45, 7) is 2.25. The second-order valence-electron chi connectivity index (χ2n) is 5.87. The van der Waals surface area contributed by atoms with Gasteiger partial charge in [-0.1, -0.05) is 55.5 Å². The van der Waals surface area contributed by atoms with Gasteiger partial charge >= 0.3 is 5.97 Å². The topological polar surface area (TPSA) is 55.8 Å². The van der Waals surface area contributed by atoms with Crippen molar-refractivity contribution in [3.8, 4) is 11.5 Å². The number of aliphatic carboxylic acids is 1. The summed E-state index contributed by atoms with van der Waals surface area (Å²) in [5.74, 6) is 0.191. The number of rotatable bonds is 9. The van der Waals surface area contributed by atoms with E-state index in [9.17, 15) is 4.79 Å². The molecule has 1 unspecified atom stereocenters. The Morgan fingerprint density at radius 1 is 1.16 bits per heavy atom. The molecule has 132 valence electrons. The first kappa shape index (κ1) is 18.6. The van der Waals surface area contributed by atoms with Crippen LogP contribution in [0.15, 0.2) is 54.6 Å². The Morgan fingerprint density at radius 2 is 1.92 bits per heavy atom. The predicted octanol–water partition coefficient (Wildman–Crippen LogP) is 4.44. The molecular formula is C21H24O4. The number of carboxylic acid groups (broad SMARTS) is 1. The minimum Gasteiger partial charge on any atom is -0.493 e. The van der Waals surface area contributed by atoms with E-state index < -0.39 is 11.9 Å². The van der Waals surface area contributed by atoms with Crippen molar-refractivity contribution in [2.24, 2.45) is 5.92 Å². The lowest BCUT2D eigenvalue weighted by Crippen LogP contribution is -2.07. The maximum absolute atomic E-state index is 10.8. The number of benzene rings is 2. The molecule has 2 aromatic rings. The molecule has 4 nitrogen and oxygen atoms in total. The Balaban J connectivity index is 1.98. The summed E-state index contributed by atoms with van der Waals surface area (Å²) >= 11 is 0. The van der Waals surface area contributed by atoms with E-state index in [0.29, 0.717) is 24.5 Å². The summed E-state index contributed by atoms with van der Waals surface area (Å²) in [4.78, 5) is 10.8. The number of carboxylic acids is 1. The first-order valence-corrected chi connectivity index (χ1v) is 8.34. The van der Waals surface area contributed by atoms with Crippen LogP contribution in [0, 0.1) is 5.92 Å². The van der Waals surface area contributed by atoms with Crippen LogP contribution in [0.2, 0.25) is 0 Å². The van der Waals surface area contributed by atoms with Crippen molar-refractivity contribution in [2.75, 3.05) is 13.7 Å². The van der Waals surface area contributed by atoms with Crippen LogP contribution in [0.5, 0.6) is 11.5 Å². The van der Waals surface area contributed by atoms with Crippen molar-refractivity contribution in [2.45, 2.75) is 19.8 Å². The van der Waals surface area contributed by atoms with Crippen LogP contribution in [-0.4, -0.2) is 24.8 Å². The van der Waals surface area contributed by atoms with Crippen LogP contribution in [-0.2, 0) is 11.2 Å². The smallest absolute Gasteiger partial charge is 0.306 e. The molecular weight excluding hydrogens is 316 g/mol. The average Bonchev–Trinajstić information content (AvgIpc) is 2.62. The highest BCUT2D eigenvalue weighted by Gasteiger charge is 2.08. The molecule has 1 N–H and O–H groups in total. The quantitative estimate of drug-likeness (QED) is 0.733. The van der Waals surface area contributed by atoms with Crippen molar-refractivity contribution in [3.05, 3.63) is 65.7 Å². The van der Waals surface area contributed by atoms with Gasteiger partial charge in [0.2, 0.25) is 0 Å². The van der Waals surface area contributed by atoms with Crippen molar-refractivity contribution in [1.29, 1.82) is 0 Å². The number of methoxy groups -OCH3 is 1. The number of allylic oxidation sites excluding steroid dienone is 1. The maximum Gasteiger partial charge on any atom is 0.306 e. The zero-order valence-electron chi connectivity index (χ0n) is 14.6. The Bertz CT molecular complexity index is 707. The summed E-state index contributed by atoms with van der Waals surface area (Å²) in [6, 6.07) is 15.9. The molecule has 0 spiro atoms. The van der Waals surface area contributed by atoms with Gasteiger partial charge in [-0.2, -0.15) is 0 Å². The van der Waals surface area contributed by atoms with Crippen molar-refractivity contribution >= 4 is 12.0 Å². The number of carbonyl (C=O) groups is 1. The fourth-order valence-electron chi connectivity index (χ4n) is 2.34.